The van der Waals surface area contributed by atoms with Crippen molar-refractivity contribution in [2.24, 2.45) is 0 Å². The maximum absolute atomic E-state index is 11.9. The minimum Gasteiger partial charge on any atom is -0.253 e. The second-order valence-corrected chi connectivity index (χ2v) is 6.51. The molecule has 1 atom stereocenters. The molecule has 18 heavy (non-hydrogen) atoms. The van der Waals surface area contributed by atoms with E-state index in [2.05, 4.69) is 21.6 Å². The Bertz CT molecular complexity index is 440. The van der Waals surface area contributed by atoms with Crippen molar-refractivity contribution in [3.63, 3.8) is 0 Å². The quantitative estimate of drug-likeness (QED) is 0.878. The molecule has 0 fully saturated rings. The molecule has 0 saturated heterocycles. The first-order valence-corrected chi connectivity index (χ1v) is 7.79. The number of halogens is 2. The summed E-state index contributed by atoms with van der Waals surface area (Å²) in [7, 11) is -1.11. The lowest BCUT2D eigenvalue weighted by atomic mass is 10.0. The van der Waals surface area contributed by atoms with Crippen LogP contribution in [0.2, 0.25) is 10.3 Å². The Morgan fingerprint density at radius 3 is 2.67 bits per heavy atom. The molecule has 4 nitrogen and oxygen atoms in total. The smallest absolute Gasteiger partial charge is 0.154 e. The predicted octanol–water partition coefficient (Wildman–Crippen LogP) is 3.07. The molecule has 0 bridgehead atoms. The van der Waals surface area contributed by atoms with Gasteiger partial charge in [-0.2, -0.15) is 0 Å². The van der Waals surface area contributed by atoms with Crippen LogP contribution in [0.1, 0.15) is 39.3 Å². The molecule has 0 radical (unpaired) electrons. The topological polar surface area (TPSA) is 54.9 Å². The third-order valence-electron chi connectivity index (χ3n) is 2.34. The minimum absolute atomic E-state index is 0.229. The predicted molar refractivity (Wildman–Crippen MR) is 76.1 cm³/mol. The van der Waals surface area contributed by atoms with Crippen LogP contribution in [0.3, 0.4) is 0 Å². The standard InChI is InChI=1S/C11H17Cl2N3OS/c1-4-5-6-18(17)16-11(2,3)9-10(13)15-8(12)7-14-9/h7,16H,4-6H2,1-3H3. The van der Waals surface area contributed by atoms with Gasteiger partial charge in [0.2, 0.25) is 0 Å². The van der Waals surface area contributed by atoms with Crippen LogP contribution in [0.25, 0.3) is 0 Å². The summed E-state index contributed by atoms with van der Waals surface area (Å²) in [6, 6.07) is 0. The normalized spacial score (nSPS) is 13.6. The van der Waals surface area contributed by atoms with E-state index >= 15 is 0 Å². The van der Waals surface area contributed by atoms with Crippen molar-refractivity contribution >= 4 is 34.2 Å². The molecule has 1 aromatic rings. The van der Waals surface area contributed by atoms with Crippen molar-refractivity contribution in [3.05, 3.63) is 22.2 Å². The van der Waals surface area contributed by atoms with Gasteiger partial charge in [0.05, 0.1) is 28.4 Å². The van der Waals surface area contributed by atoms with Gasteiger partial charge in [0, 0.05) is 5.75 Å². The molecule has 0 aliphatic rings. The van der Waals surface area contributed by atoms with Gasteiger partial charge in [0.1, 0.15) is 5.15 Å². The summed E-state index contributed by atoms with van der Waals surface area (Å²) in [5.74, 6) is 0.610. The van der Waals surface area contributed by atoms with Gasteiger partial charge in [-0.15, -0.1) is 0 Å². The Morgan fingerprint density at radius 1 is 1.44 bits per heavy atom. The summed E-state index contributed by atoms with van der Waals surface area (Å²) in [6.07, 6.45) is 3.35. The molecule has 1 N–H and O–H groups in total. The van der Waals surface area contributed by atoms with E-state index < -0.39 is 16.5 Å². The zero-order valence-corrected chi connectivity index (χ0v) is 13.0. The van der Waals surface area contributed by atoms with Crippen molar-refractivity contribution in [2.45, 2.75) is 39.2 Å². The molecule has 0 aromatic carbocycles. The van der Waals surface area contributed by atoms with Gasteiger partial charge < -0.3 is 0 Å². The van der Waals surface area contributed by atoms with Crippen LogP contribution in [0.4, 0.5) is 0 Å². The fourth-order valence-electron chi connectivity index (χ4n) is 1.43. The molecule has 0 aliphatic carbocycles. The number of nitrogens with zero attached hydrogens (tertiary/aromatic N) is 2. The van der Waals surface area contributed by atoms with Crippen LogP contribution in [0, 0.1) is 0 Å². The number of aromatic nitrogens is 2. The van der Waals surface area contributed by atoms with Gasteiger partial charge in [-0.05, 0) is 20.3 Å². The molecule has 1 unspecified atom stereocenters. The van der Waals surface area contributed by atoms with Crippen LogP contribution in [-0.2, 0) is 16.5 Å². The molecule has 7 heteroatoms. The minimum atomic E-state index is -1.11. The summed E-state index contributed by atoms with van der Waals surface area (Å²) in [6.45, 7) is 5.78. The zero-order valence-electron chi connectivity index (χ0n) is 10.7. The molecule has 0 amide bonds. The Balaban J connectivity index is 2.82. The Kier molecular flexibility index (Phi) is 5.98. The monoisotopic (exact) mass is 309 g/mol. The first kappa shape index (κ1) is 15.8. The van der Waals surface area contributed by atoms with Gasteiger partial charge >= 0.3 is 0 Å². The highest BCUT2D eigenvalue weighted by molar-refractivity contribution is 7.83. The zero-order chi connectivity index (χ0) is 13.8. The Hall–Kier alpha value is -0.230. The second-order valence-electron chi connectivity index (χ2n) is 4.46. The summed E-state index contributed by atoms with van der Waals surface area (Å²) >= 11 is 11.7. The van der Waals surface area contributed by atoms with E-state index in [1.54, 1.807) is 0 Å². The molecule has 1 rings (SSSR count). The first-order chi connectivity index (χ1) is 8.36. The summed E-state index contributed by atoms with van der Waals surface area (Å²) in [4.78, 5) is 8.10. The van der Waals surface area contributed by atoms with Crippen molar-refractivity contribution in [2.75, 3.05) is 5.75 Å². The average molecular weight is 310 g/mol. The lowest BCUT2D eigenvalue weighted by Gasteiger charge is -2.25. The van der Waals surface area contributed by atoms with Crippen molar-refractivity contribution in [1.29, 1.82) is 0 Å². The maximum Gasteiger partial charge on any atom is 0.154 e. The SMILES string of the molecule is CCCCS(=O)NC(C)(C)c1ncc(Cl)nc1Cl. The van der Waals surface area contributed by atoms with Crippen LogP contribution < -0.4 is 4.72 Å². The highest BCUT2D eigenvalue weighted by Crippen LogP contribution is 2.25. The van der Waals surface area contributed by atoms with Gasteiger partial charge in [0.15, 0.2) is 5.15 Å². The molecule has 1 aromatic heterocycles. The van der Waals surface area contributed by atoms with Crippen molar-refractivity contribution < 1.29 is 4.21 Å². The number of nitrogens with one attached hydrogen (secondary N) is 1. The summed E-state index contributed by atoms with van der Waals surface area (Å²) in [5, 5.41) is 0.471. The van der Waals surface area contributed by atoms with E-state index in [0.29, 0.717) is 11.4 Å². The maximum atomic E-state index is 11.9. The lowest BCUT2D eigenvalue weighted by Crippen LogP contribution is -2.39. The van der Waals surface area contributed by atoms with Gasteiger partial charge in [-0.3, -0.25) is 4.98 Å². The van der Waals surface area contributed by atoms with Gasteiger partial charge in [0.25, 0.3) is 0 Å². The molecular weight excluding hydrogens is 293 g/mol. The van der Waals surface area contributed by atoms with Gasteiger partial charge in [-0.1, -0.05) is 36.5 Å². The number of hydrogen-bond donors (Lipinski definition) is 1. The number of unbranched alkanes of at least 4 members (excludes halogenated alkanes) is 1. The first-order valence-electron chi connectivity index (χ1n) is 5.71. The van der Waals surface area contributed by atoms with Crippen molar-refractivity contribution in [3.8, 4) is 0 Å². The Labute approximate surface area is 120 Å². The highest BCUT2D eigenvalue weighted by atomic mass is 35.5. The third-order valence-corrected chi connectivity index (χ3v) is 4.19. The number of hydrogen-bond acceptors (Lipinski definition) is 3. The van der Waals surface area contributed by atoms with E-state index in [1.165, 1.54) is 6.20 Å². The van der Waals surface area contributed by atoms with Crippen LogP contribution in [-0.4, -0.2) is 19.9 Å². The van der Waals surface area contributed by atoms with Gasteiger partial charge in [-0.25, -0.2) is 13.9 Å². The molecule has 0 aliphatic heterocycles. The summed E-state index contributed by atoms with van der Waals surface area (Å²) < 4.78 is 14.9. The average Bonchev–Trinajstić information content (AvgIpc) is 2.25. The lowest BCUT2D eigenvalue weighted by molar-refractivity contribution is 0.478. The molecule has 0 saturated carbocycles. The molecule has 0 spiro atoms. The highest BCUT2D eigenvalue weighted by Gasteiger charge is 2.27. The Morgan fingerprint density at radius 2 is 2.11 bits per heavy atom. The fourth-order valence-corrected chi connectivity index (χ4v) is 3.30. The van der Waals surface area contributed by atoms with Crippen molar-refractivity contribution in [1.82, 2.24) is 14.7 Å². The van der Waals surface area contributed by atoms with E-state index in [-0.39, 0.29) is 10.3 Å². The molecule has 102 valence electrons. The molecule has 1 heterocycles. The summed E-state index contributed by atoms with van der Waals surface area (Å²) in [5.41, 5.74) is -0.0776. The van der Waals surface area contributed by atoms with Crippen LogP contribution >= 0.6 is 23.2 Å². The fraction of sp³-hybridized carbons (Fsp3) is 0.636. The third kappa shape index (κ3) is 4.46. The van der Waals surface area contributed by atoms with E-state index in [9.17, 15) is 4.21 Å². The van der Waals surface area contributed by atoms with Crippen LogP contribution in [0.15, 0.2) is 6.20 Å². The second kappa shape index (κ2) is 6.80. The molecular formula is C11H17Cl2N3OS. The number of rotatable bonds is 6. The van der Waals surface area contributed by atoms with E-state index in [4.69, 9.17) is 23.2 Å². The largest absolute Gasteiger partial charge is 0.253 e. The van der Waals surface area contributed by atoms with E-state index in [0.717, 1.165) is 12.8 Å². The van der Waals surface area contributed by atoms with E-state index in [1.807, 2.05) is 13.8 Å². The van der Waals surface area contributed by atoms with Crippen LogP contribution in [0.5, 0.6) is 0 Å².